The van der Waals surface area contributed by atoms with E-state index >= 15 is 0 Å². The zero-order valence-corrected chi connectivity index (χ0v) is 16.0. The van der Waals surface area contributed by atoms with Gasteiger partial charge in [0.2, 0.25) is 0 Å². The number of nitrogens with zero attached hydrogens (tertiary/aromatic N) is 1. The number of ketones is 1. The first-order chi connectivity index (χ1) is 12.5. The minimum atomic E-state index is -5.18. The zero-order chi connectivity index (χ0) is 20.2. The van der Waals surface area contributed by atoms with Crippen molar-refractivity contribution >= 4 is 21.0 Å². The standard InChI is InChI=1S/C16H19NO8P2/c1-25-12-7-5-11(6-8-12)16(18)13(14-4-2-3-9-17-14)10-15(26(19,20)21)27(22,23)24/h2-9,13,15H,10H2,1H3,(H2,19,20,21)(H2,22,23,24). The fourth-order valence-electron chi connectivity index (χ4n) is 2.58. The smallest absolute Gasteiger partial charge is 0.340 e. The second-order valence-electron chi connectivity index (χ2n) is 5.79. The van der Waals surface area contributed by atoms with Crippen molar-refractivity contribution in [3.63, 3.8) is 0 Å². The number of ether oxygens (including phenoxy) is 1. The Morgan fingerprint density at radius 1 is 1.04 bits per heavy atom. The third-order valence-electron chi connectivity index (χ3n) is 3.96. The lowest BCUT2D eigenvalue weighted by Crippen LogP contribution is -2.21. The zero-order valence-electron chi connectivity index (χ0n) is 14.2. The lowest BCUT2D eigenvalue weighted by atomic mass is 9.91. The molecular weight excluding hydrogens is 396 g/mol. The molecule has 1 aromatic heterocycles. The van der Waals surface area contributed by atoms with Crippen LogP contribution >= 0.6 is 15.2 Å². The number of hydrogen-bond donors (Lipinski definition) is 4. The van der Waals surface area contributed by atoms with E-state index < -0.39 is 38.7 Å². The fourth-order valence-corrected chi connectivity index (χ4v) is 5.12. The quantitative estimate of drug-likeness (QED) is 0.375. The Morgan fingerprint density at radius 2 is 1.63 bits per heavy atom. The minimum Gasteiger partial charge on any atom is -0.497 e. The highest BCUT2D eigenvalue weighted by molar-refractivity contribution is 7.70. The Hall–Kier alpha value is -1.86. The van der Waals surface area contributed by atoms with Gasteiger partial charge < -0.3 is 24.3 Å². The van der Waals surface area contributed by atoms with Crippen molar-refractivity contribution in [2.45, 2.75) is 17.7 Å². The molecule has 4 N–H and O–H groups in total. The molecule has 0 aliphatic carbocycles. The normalized spacial score (nSPS) is 13.4. The molecule has 0 aliphatic rings. The molecule has 146 valence electrons. The van der Waals surface area contributed by atoms with Gasteiger partial charge in [-0.15, -0.1) is 0 Å². The van der Waals surface area contributed by atoms with E-state index in [0.717, 1.165) is 0 Å². The average Bonchev–Trinajstić information content (AvgIpc) is 2.60. The SMILES string of the molecule is COc1ccc(C(=O)C(CC(P(=O)(O)O)P(=O)(O)O)c2ccccn2)cc1. The van der Waals surface area contributed by atoms with Crippen LogP contribution in [0.25, 0.3) is 0 Å². The molecule has 1 heterocycles. The van der Waals surface area contributed by atoms with E-state index in [1.165, 1.54) is 43.6 Å². The molecule has 1 aromatic carbocycles. The molecule has 2 rings (SSSR count). The highest BCUT2D eigenvalue weighted by Crippen LogP contribution is 2.62. The predicted molar refractivity (Wildman–Crippen MR) is 96.8 cm³/mol. The molecule has 1 atom stereocenters. The van der Waals surface area contributed by atoms with Gasteiger partial charge in [-0.05, 0) is 42.8 Å². The van der Waals surface area contributed by atoms with Crippen LogP contribution in [0.1, 0.15) is 28.4 Å². The number of Topliss-reactive ketones (excluding diaryl/α,β-unsaturated/α-hetero) is 1. The molecule has 0 saturated carbocycles. The molecule has 0 radical (unpaired) electrons. The number of benzene rings is 1. The summed E-state index contributed by atoms with van der Waals surface area (Å²) in [5.41, 5.74) is 0.354. The predicted octanol–water partition coefficient (Wildman–Crippen LogP) is 2.13. The van der Waals surface area contributed by atoms with E-state index in [4.69, 9.17) is 4.74 Å². The summed E-state index contributed by atoms with van der Waals surface area (Å²) in [7, 11) is -8.90. The summed E-state index contributed by atoms with van der Waals surface area (Å²) in [5.74, 6) is -1.31. The van der Waals surface area contributed by atoms with Gasteiger partial charge in [0.15, 0.2) is 11.2 Å². The maximum Gasteiger partial charge on any atom is 0.340 e. The summed E-state index contributed by atoms with van der Waals surface area (Å²) in [6.07, 6.45) is 0.629. The van der Waals surface area contributed by atoms with Crippen LogP contribution in [0.15, 0.2) is 48.7 Å². The third-order valence-corrected chi connectivity index (χ3v) is 7.74. The van der Waals surface area contributed by atoms with Crippen molar-refractivity contribution < 1.29 is 38.2 Å². The van der Waals surface area contributed by atoms with E-state index in [1.807, 2.05) is 0 Å². The maximum absolute atomic E-state index is 12.9. The van der Waals surface area contributed by atoms with Gasteiger partial charge in [0.1, 0.15) is 5.75 Å². The Bertz CT molecular complexity index is 853. The van der Waals surface area contributed by atoms with Gasteiger partial charge in [-0.3, -0.25) is 18.9 Å². The first-order valence-electron chi connectivity index (χ1n) is 7.73. The van der Waals surface area contributed by atoms with Crippen molar-refractivity contribution in [3.8, 4) is 5.75 Å². The van der Waals surface area contributed by atoms with Gasteiger partial charge in [0, 0.05) is 11.8 Å². The molecule has 0 amide bonds. The first-order valence-corrected chi connectivity index (χ1v) is 11.1. The van der Waals surface area contributed by atoms with Crippen molar-refractivity contribution in [2.24, 2.45) is 0 Å². The third kappa shape index (κ3) is 5.56. The Balaban J connectivity index is 2.46. The van der Waals surface area contributed by atoms with E-state index in [-0.39, 0.29) is 11.3 Å². The number of rotatable bonds is 8. The summed E-state index contributed by atoms with van der Waals surface area (Å²) < 4.78 is 28.3. The van der Waals surface area contributed by atoms with E-state index in [0.29, 0.717) is 5.75 Å². The molecule has 0 fully saturated rings. The van der Waals surface area contributed by atoms with Crippen LogP contribution in [0.5, 0.6) is 5.75 Å². The van der Waals surface area contributed by atoms with Crippen LogP contribution in [0, 0.1) is 0 Å². The Labute approximate surface area is 155 Å². The molecule has 9 nitrogen and oxygen atoms in total. The van der Waals surface area contributed by atoms with Gasteiger partial charge in [0.25, 0.3) is 0 Å². The van der Waals surface area contributed by atoms with Crippen molar-refractivity contribution in [1.82, 2.24) is 4.98 Å². The number of methoxy groups -OCH3 is 1. The number of hydrogen-bond acceptors (Lipinski definition) is 5. The van der Waals surface area contributed by atoms with Crippen LogP contribution in [-0.2, 0) is 9.13 Å². The maximum atomic E-state index is 12.9. The molecule has 1 unspecified atom stereocenters. The highest BCUT2D eigenvalue weighted by atomic mass is 31.2. The highest BCUT2D eigenvalue weighted by Gasteiger charge is 2.46. The van der Waals surface area contributed by atoms with Crippen LogP contribution in [0.4, 0.5) is 0 Å². The van der Waals surface area contributed by atoms with Gasteiger partial charge in [-0.25, -0.2) is 0 Å². The fraction of sp³-hybridized carbons (Fsp3) is 0.250. The van der Waals surface area contributed by atoms with Crippen molar-refractivity contribution in [1.29, 1.82) is 0 Å². The van der Waals surface area contributed by atoms with Crippen molar-refractivity contribution in [3.05, 3.63) is 59.9 Å². The van der Waals surface area contributed by atoms with Gasteiger partial charge in [-0.1, -0.05) is 6.07 Å². The van der Waals surface area contributed by atoms with Crippen LogP contribution < -0.4 is 4.74 Å². The molecule has 2 aromatic rings. The molecule has 0 saturated heterocycles. The number of carbonyl (C=O) groups excluding carboxylic acids is 1. The van der Waals surface area contributed by atoms with E-state index in [9.17, 15) is 33.5 Å². The molecule has 27 heavy (non-hydrogen) atoms. The monoisotopic (exact) mass is 415 g/mol. The van der Waals surface area contributed by atoms with Gasteiger partial charge in [-0.2, -0.15) is 0 Å². The van der Waals surface area contributed by atoms with Gasteiger partial charge in [0.05, 0.1) is 18.7 Å². The van der Waals surface area contributed by atoms with Crippen LogP contribution in [0.3, 0.4) is 0 Å². The van der Waals surface area contributed by atoms with Crippen LogP contribution in [-0.4, -0.2) is 42.9 Å². The Kier molecular flexibility index (Phi) is 6.70. The molecule has 11 heteroatoms. The van der Waals surface area contributed by atoms with Crippen LogP contribution in [0.2, 0.25) is 0 Å². The number of aromatic nitrogens is 1. The summed E-state index contributed by atoms with van der Waals surface area (Å²) in [5, 5.41) is -2.31. The van der Waals surface area contributed by atoms with E-state index in [2.05, 4.69) is 4.98 Å². The van der Waals surface area contributed by atoms with E-state index in [1.54, 1.807) is 12.1 Å². The second-order valence-corrected chi connectivity index (χ2v) is 9.80. The topological polar surface area (TPSA) is 154 Å². The molecular formula is C16H19NO8P2. The molecule has 0 bridgehead atoms. The second kappa shape index (κ2) is 8.44. The summed E-state index contributed by atoms with van der Waals surface area (Å²) in [6.45, 7) is 0. The number of pyridine rings is 1. The Morgan fingerprint density at radius 3 is 2.07 bits per heavy atom. The minimum absolute atomic E-state index is 0.158. The molecule has 0 spiro atoms. The average molecular weight is 415 g/mol. The van der Waals surface area contributed by atoms with Gasteiger partial charge >= 0.3 is 15.2 Å². The summed E-state index contributed by atoms with van der Waals surface area (Å²) in [4.78, 5) is 54.6. The number of carbonyl (C=O) groups is 1. The lowest BCUT2D eigenvalue weighted by Gasteiger charge is -2.24. The lowest BCUT2D eigenvalue weighted by molar-refractivity contribution is 0.0954. The summed E-state index contributed by atoms with van der Waals surface area (Å²) in [6, 6.07) is 10.6. The summed E-state index contributed by atoms with van der Waals surface area (Å²) >= 11 is 0. The largest absolute Gasteiger partial charge is 0.497 e. The first kappa shape index (κ1) is 21.4. The molecule has 0 aliphatic heterocycles. The van der Waals surface area contributed by atoms with Crippen molar-refractivity contribution in [2.75, 3.05) is 7.11 Å².